The maximum absolute atomic E-state index is 11.6. The van der Waals surface area contributed by atoms with Crippen LogP contribution in [0.3, 0.4) is 0 Å². The number of nitrogens with one attached hydrogen (secondary N) is 5. The number of aliphatic hydroxyl groups is 1. The lowest BCUT2D eigenvalue weighted by molar-refractivity contribution is -0.115. The average molecular weight is 1200 g/mol. The number of rotatable bonds is 4. The maximum Gasteiger partial charge on any atom is 0.413 e. The summed E-state index contributed by atoms with van der Waals surface area (Å²) in [5, 5.41) is 34.2. The van der Waals surface area contributed by atoms with Gasteiger partial charge >= 0.3 is 24.2 Å². The monoisotopic (exact) mass is 1200 g/mol. The minimum atomic E-state index is -0.726. The summed E-state index contributed by atoms with van der Waals surface area (Å²) in [6.45, 7) is 4.96. The van der Waals surface area contributed by atoms with Gasteiger partial charge in [-0.1, -0.05) is 38.5 Å². The Morgan fingerprint density at radius 2 is 0.987 bits per heavy atom. The Labute approximate surface area is 471 Å². The van der Waals surface area contributed by atoms with Crippen LogP contribution in [0.4, 0.5) is 39.4 Å². The molecule has 4 aliphatic carbocycles. The van der Waals surface area contributed by atoms with Gasteiger partial charge in [0.25, 0.3) is 0 Å². The molecule has 0 unspecified atom stereocenters. The van der Waals surface area contributed by atoms with Crippen molar-refractivity contribution >= 4 is 134 Å². The second kappa shape index (κ2) is 25.3. The van der Waals surface area contributed by atoms with E-state index < -0.39 is 11.6 Å². The van der Waals surface area contributed by atoms with Crippen LogP contribution in [0.15, 0.2) is 50.3 Å². The fourth-order valence-corrected chi connectivity index (χ4v) is 16.4. The number of amides is 5. The summed E-state index contributed by atoms with van der Waals surface area (Å²) in [6, 6.07) is 9.89. The fraction of sp³-hybridized carbons (Fsp3) is 0.519. The first-order chi connectivity index (χ1) is 36.5. The van der Waals surface area contributed by atoms with Crippen molar-refractivity contribution < 1.29 is 52.8 Å². The summed E-state index contributed by atoms with van der Waals surface area (Å²) < 4.78 is 22.3. The summed E-state index contributed by atoms with van der Waals surface area (Å²) in [4.78, 5) is 68.7. The fourth-order valence-electron chi connectivity index (χ4n) is 11.2. The summed E-state index contributed by atoms with van der Waals surface area (Å²) in [6.07, 6.45) is 20.5. The van der Waals surface area contributed by atoms with Crippen molar-refractivity contribution in [2.24, 2.45) is 0 Å². The van der Waals surface area contributed by atoms with Crippen LogP contribution in [0.1, 0.15) is 180 Å². The van der Waals surface area contributed by atoms with E-state index in [1.807, 2.05) is 16.8 Å². The number of anilines is 5. The highest BCUT2D eigenvalue weighted by molar-refractivity contribution is 9.11. The van der Waals surface area contributed by atoms with Crippen LogP contribution in [0, 0.1) is 6.92 Å². The van der Waals surface area contributed by atoms with Crippen LogP contribution in [-0.2, 0) is 50.9 Å². The SMILES string of the molecule is CC(=O)Nc1sccc1C1(O)CCCCC1.COC(=O)c1ccsc1NC(C)=O.Cc1cc2c(s1)NC(=O)OC21CCCCC1.O=C1Nc2sc(Br)cc2C2(CCCCC2)O1.O=C1Nc2sccc2C2(CCCCC2)O1. The molecule has 7 aliphatic rings. The third-order valence-electron chi connectivity index (χ3n) is 14.7. The Morgan fingerprint density at radius 1 is 0.566 bits per heavy atom. The number of carbonyl (C=O) groups is 6. The predicted molar refractivity (Wildman–Crippen MR) is 306 cm³/mol. The molecule has 6 N–H and O–H groups in total. The molecule has 0 bridgehead atoms. The van der Waals surface area contributed by atoms with Gasteiger partial charge in [-0.2, -0.15) is 0 Å². The topological polar surface area (TPSA) is 220 Å². The molecule has 4 saturated carbocycles. The smallest absolute Gasteiger partial charge is 0.413 e. The van der Waals surface area contributed by atoms with E-state index in [2.05, 4.69) is 72.4 Å². The summed E-state index contributed by atoms with van der Waals surface area (Å²) >= 11 is 11.0. The first-order valence-corrected chi connectivity index (χ1v) is 31.0. The number of hydrogen-bond donors (Lipinski definition) is 6. The molecule has 4 fully saturated rings. The first kappa shape index (κ1) is 57.3. The third-order valence-corrected chi connectivity index (χ3v) is 19.7. The van der Waals surface area contributed by atoms with E-state index in [0.29, 0.717) is 10.6 Å². The zero-order valence-corrected chi connectivity index (χ0v) is 48.9. The minimum Gasteiger partial charge on any atom is -0.465 e. The second-order valence-electron chi connectivity index (χ2n) is 20.0. The van der Waals surface area contributed by atoms with Crippen LogP contribution < -0.4 is 26.6 Å². The number of fused-ring (bicyclic) bond motifs is 6. The molecule has 5 aromatic heterocycles. The molecular formula is C54H66BrN5O11S5. The van der Waals surface area contributed by atoms with Crippen LogP contribution in [-0.4, -0.2) is 48.3 Å². The number of esters is 1. The number of methoxy groups -OCH3 is 1. The lowest BCUT2D eigenvalue weighted by atomic mass is 9.79. The Balaban J connectivity index is 0.000000126. The summed E-state index contributed by atoms with van der Waals surface area (Å²) in [7, 11) is 1.30. The van der Waals surface area contributed by atoms with Crippen LogP contribution in [0.5, 0.6) is 0 Å². The number of hydrogen-bond acceptors (Lipinski definition) is 16. The molecule has 3 aliphatic heterocycles. The van der Waals surface area contributed by atoms with Crippen molar-refractivity contribution in [1.29, 1.82) is 0 Å². The Bertz CT molecular complexity index is 2780. The van der Waals surface area contributed by atoms with Gasteiger partial charge in [0.2, 0.25) is 11.8 Å². The van der Waals surface area contributed by atoms with E-state index in [0.717, 1.165) is 138 Å². The van der Waals surface area contributed by atoms with Gasteiger partial charge in [-0.3, -0.25) is 25.5 Å². The first-order valence-electron chi connectivity index (χ1n) is 26.0. The normalized spacial score (nSPS) is 19.7. The molecule has 76 heavy (non-hydrogen) atoms. The van der Waals surface area contributed by atoms with E-state index in [-0.39, 0.29) is 46.9 Å². The standard InChI is InChI=1S/C12H15NO2S.C12H17NO2S.C11H12BrNO2S.C11H13NO2S.C8H9NO3S/c1-8-7-9-10(16-8)13-11(14)15-12(9)5-3-2-4-6-12;1-9(14)13-11-10(5-8-16-11)12(15)6-3-2-4-7-12;12-8-6-7-9(16-8)13-10(14)15-11(7)4-2-1-3-5-11;13-10-12-9-8(4-7-15-9)11(14-10)5-2-1-3-6-11;1-5(10)9-7-6(3-4-13-7)8(11)12-2/h7H,2-6H2,1H3,(H,13,14);5,8,15H,2-4,6-7H2,1H3,(H,13,14);6H,1-5H2,(H,13,14);4,7H,1-3,5-6H2,(H,12,13);3-4H,1-2H3,(H,9,10). The van der Waals surface area contributed by atoms with Gasteiger partial charge in [0.15, 0.2) is 0 Å². The van der Waals surface area contributed by atoms with E-state index >= 15 is 0 Å². The Morgan fingerprint density at radius 3 is 1.51 bits per heavy atom. The molecule has 0 saturated heterocycles. The third kappa shape index (κ3) is 13.5. The average Bonchev–Trinajstić information content (AvgIpc) is 4.27. The van der Waals surface area contributed by atoms with Gasteiger partial charge in [0.1, 0.15) is 41.8 Å². The van der Waals surface area contributed by atoms with Crippen molar-refractivity contribution in [3.05, 3.63) is 83.0 Å². The largest absolute Gasteiger partial charge is 0.465 e. The molecule has 8 heterocycles. The van der Waals surface area contributed by atoms with Gasteiger partial charge in [-0.25, -0.2) is 19.2 Å². The molecule has 0 atom stereocenters. The zero-order valence-electron chi connectivity index (χ0n) is 43.2. The quantitative estimate of drug-likeness (QED) is 0.0734. The lowest BCUT2D eigenvalue weighted by Gasteiger charge is -2.39. The van der Waals surface area contributed by atoms with Gasteiger partial charge in [-0.15, -0.1) is 56.7 Å². The van der Waals surface area contributed by atoms with Crippen LogP contribution in [0.25, 0.3) is 0 Å². The zero-order chi connectivity index (χ0) is 54.1. The highest BCUT2D eigenvalue weighted by Gasteiger charge is 2.46. The number of thiophene rings is 5. The van der Waals surface area contributed by atoms with Gasteiger partial charge < -0.3 is 34.7 Å². The van der Waals surface area contributed by atoms with E-state index in [9.17, 15) is 33.9 Å². The van der Waals surface area contributed by atoms with E-state index in [1.54, 1.807) is 45.5 Å². The van der Waals surface area contributed by atoms with Crippen LogP contribution >= 0.6 is 72.6 Å². The predicted octanol–water partition coefficient (Wildman–Crippen LogP) is 15.8. The molecule has 5 aromatic rings. The number of ether oxygens (including phenoxy) is 4. The van der Waals surface area contributed by atoms with Crippen molar-refractivity contribution in [2.45, 2.75) is 172 Å². The molecule has 3 spiro atoms. The van der Waals surface area contributed by atoms with Gasteiger partial charge in [0, 0.05) is 41.0 Å². The molecule has 0 aromatic carbocycles. The molecule has 12 rings (SSSR count). The molecule has 5 amide bonds. The van der Waals surface area contributed by atoms with E-state index in [4.69, 9.17) is 14.2 Å². The van der Waals surface area contributed by atoms with Crippen molar-refractivity contribution in [3.8, 4) is 0 Å². The van der Waals surface area contributed by atoms with Gasteiger partial charge in [0.05, 0.1) is 22.1 Å². The molecular weight excluding hydrogens is 1130 g/mol. The summed E-state index contributed by atoms with van der Waals surface area (Å²) in [5.41, 5.74) is 3.13. The highest BCUT2D eigenvalue weighted by atomic mass is 79.9. The van der Waals surface area contributed by atoms with Gasteiger partial charge in [-0.05, 0) is 159 Å². The second-order valence-corrected chi connectivity index (χ2v) is 26.5. The Hall–Kier alpha value is -4.84. The van der Waals surface area contributed by atoms with Crippen LogP contribution in [0.2, 0.25) is 0 Å². The van der Waals surface area contributed by atoms with Crippen molar-refractivity contribution in [2.75, 3.05) is 33.7 Å². The molecule has 16 nitrogen and oxygen atoms in total. The summed E-state index contributed by atoms with van der Waals surface area (Å²) in [5.74, 6) is -0.722. The molecule has 0 radical (unpaired) electrons. The maximum atomic E-state index is 11.6. The molecule has 410 valence electrons. The molecule has 22 heteroatoms. The number of aryl methyl sites for hydroxylation is 1. The van der Waals surface area contributed by atoms with Crippen molar-refractivity contribution in [3.63, 3.8) is 0 Å². The highest BCUT2D eigenvalue weighted by Crippen LogP contribution is 2.52. The minimum absolute atomic E-state index is 0.0805. The van der Waals surface area contributed by atoms with Crippen molar-refractivity contribution in [1.82, 2.24) is 0 Å². The Kier molecular flexibility index (Phi) is 19.1. The van der Waals surface area contributed by atoms with E-state index in [1.165, 1.54) is 85.3 Å². The lowest BCUT2D eigenvalue weighted by Crippen LogP contribution is -2.40. The number of halogens is 1. The number of carbonyl (C=O) groups excluding carboxylic acids is 6.